The van der Waals surface area contributed by atoms with Gasteiger partial charge in [-0.15, -0.1) is 0 Å². The first kappa shape index (κ1) is 25.7. The fourth-order valence-electron chi connectivity index (χ4n) is 3.54. The number of nitriles is 1. The Morgan fingerprint density at radius 2 is 1.47 bits per heavy atom. The molecule has 0 saturated heterocycles. The number of unbranched alkanes of at least 4 members (excludes halogenated alkanes) is 9. The largest absolute Gasteiger partial charge is 0.481 e. The Hall–Kier alpha value is -2.35. The lowest BCUT2D eigenvalue weighted by atomic mass is 9.81. The van der Waals surface area contributed by atoms with Crippen LogP contribution >= 0.6 is 0 Å². The highest BCUT2D eigenvalue weighted by Crippen LogP contribution is 2.26. The van der Waals surface area contributed by atoms with Crippen LogP contribution in [0.4, 0.5) is 0 Å². The van der Waals surface area contributed by atoms with Crippen LogP contribution in [0.1, 0.15) is 107 Å². The molecule has 0 radical (unpaired) electrons. The maximum absolute atomic E-state index is 12.6. The van der Waals surface area contributed by atoms with Gasteiger partial charge in [0.15, 0.2) is 0 Å². The smallest absolute Gasteiger partial charge is 0.311 e. The Morgan fingerprint density at radius 3 is 1.93 bits per heavy atom. The van der Waals surface area contributed by atoms with Gasteiger partial charge >= 0.3 is 5.97 Å². The standard InChI is InChI=1S/C25H38N2O3/c1-4-5-6-7-8-9-10-11-12-13-14-22(25(2,3)24(29)30)27-23(28)21-17-15-20(19-26)16-18-21/h15-18,22H,4-14H2,1-3H3,(H,27,28)(H,29,30). The summed E-state index contributed by atoms with van der Waals surface area (Å²) in [6.07, 6.45) is 12.8. The molecule has 5 nitrogen and oxygen atoms in total. The summed E-state index contributed by atoms with van der Waals surface area (Å²) in [5.74, 6) is -1.22. The highest BCUT2D eigenvalue weighted by Gasteiger charge is 2.37. The molecule has 0 aliphatic carbocycles. The van der Waals surface area contributed by atoms with E-state index in [0.717, 1.165) is 19.3 Å². The number of aliphatic carboxylic acids is 1. The average Bonchev–Trinajstić information content (AvgIpc) is 2.73. The first-order valence-corrected chi connectivity index (χ1v) is 11.4. The Balaban J connectivity index is 2.50. The first-order chi connectivity index (χ1) is 14.3. The van der Waals surface area contributed by atoms with E-state index in [0.29, 0.717) is 17.5 Å². The first-order valence-electron chi connectivity index (χ1n) is 11.4. The predicted octanol–water partition coefficient (Wildman–Crippen LogP) is 6.08. The zero-order chi connectivity index (χ0) is 22.4. The third kappa shape index (κ3) is 8.98. The molecule has 0 spiro atoms. The summed E-state index contributed by atoms with van der Waals surface area (Å²) in [5.41, 5.74) is -0.135. The molecule has 30 heavy (non-hydrogen) atoms. The molecule has 1 unspecified atom stereocenters. The van der Waals surface area contributed by atoms with Crippen LogP contribution in [0.25, 0.3) is 0 Å². The molecule has 0 heterocycles. The van der Waals surface area contributed by atoms with Gasteiger partial charge in [0, 0.05) is 11.6 Å². The van der Waals surface area contributed by atoms with E-state index in [-0.39, 0.29) is 5.91 Å². The molecule has 1 atom stereocenters. The Morgan fingerprint density at radius 1 is 0.967 bits per heavy atom. The summed E-state index contributed by atoms with van der Waals surface area (Å²) < 4.78 is 0. The molecule has 0 saturated carbocycles. The molecule has 5 heteroatoms. The van der Waals surface area contributed by atoms with Crippen molar-refractivity contribution < 1.29 is 14.7 Å². The Labute approximate surface area is 181 Å². The van der Waals surface area contributed by atoms with Gasteiger partial charge < -0.3 is 10.4 Å². The van der Waals surface area contributed by atoms with Crippen LogP contribution in [0.3, 0.4) is 0 Å². The van der Waals surface area contributed by atoms with Gasteiger partial charge in [0.25, 0.3) is 5.91 Å². The monoisotopic (exact) mass is 414 g/mol. The van der Waals surface area contributed by atoms with Crippen molar-refractivity contribution in [1.29, 1.82) is 5.26 Å². The third-order valence-electron chi connectivity index (χ3n) is 5.85. The molecule has 1 rings (SSSR count). The molecule has 1 aromatic carbocycles. The highest BCUT2D eigenvalue weighted by molar-refractivity contribution is 5.95. The van der Waals surface area contributed by atoms with Gasteiger partial charge in [0.1, 0.15) is 0 Å². The quantitative estimate of drug-likeness (QED) is 0.340. The van der Waals surface area contributed by atoms with Crippen LogP contribution in [-0.2, 0) is 4.79 Å². The number of rotatable bonds is 15. The fourth-order valence-corrected chi connectivity index (χ4v) is 3.54. The van der Waals surface area contributed by atoms with E-state index in [9.17, 15) is 14.7 Å². The van der Waals surface area contributed by atoms with Crippen molar-refractivity contribution in [2.24, 2.45) is 5.41 Å². The normalized spacial score (nSPS) is 12.2. The number of carbonyl (C=O) groups is 2. The van der Waals surface area contributed by atoms with E-state index in [1.807, 2.05) is 6.07 Å². The van der Waals surface area contributed by atoms with Crippen LogP contribution in [0.5, 0.6) is 0 Å². The number of hydrogen-bond donors (Lipinski definition) is 2. The zero-order valence-corrected chi connectivity index (χ0v) is 18.9. The summed E-state index contributed by atoms with van der Waals surface area (Å²) >= 11 is 0. The van der Waals surface area contributed by atoms with Gasteiger partial charge in [-0.3, -0.25) is 9.59 Å². The number of nitrogens with zero attached hydrogens (tertiary/aromatic N) is 1. The lowest BCUT2D eigenvalue weighted by molar-refractivity contribution is -0.148. The predicted molar refractivity (Wildman–Crippen MR) is 120 cm³/mol. The number of amides is 1. The van der Waals surface area contributed by atoms with Crippen molar-refractivity contribution in [3.05, 3.63) is 35.4 Å². The van der Waals surface area contributed by atoms with Gasteiger partial charge in [-0.2, -0.15) is 5.26 Å². The molecule has 0 aliphatic rings. The SMILES string of the molecule is CCCCCCCCCCCCC(NC(=O)c1ccc(C#N)cc1)C(C)(C)C(=O)O. The van der Waals surface area contributed by atoms with Crippen molar-refractivity contribution >= 4 is 11.9 Å². The van der Waals surface area contributed by atoms with Crippen LogP contribution in [0.2, 0.25) is 0 Å². The molecule has 2 N–H and O–H groups in total. The summed E-state index contributed by atoms with van der Waals surface area (Å²) in [6, 6.07) is 7.95. The van der Waals surface area contributed by atoms with Crippen LogP contribution in [0.15, 0.2) is 24.3 Å². The molecule has 0 fully saturated rings. The van der Waals surface area contributed by atoms with Crippen LogP contribution in [-0.4, -0.2) is 23.0 Å². The lowest BCUT2D eigenvalue weighted by Gasteiger charge is -2.31. The van der Waals surface area contributed by atoms with Gasteiger partial charge in [-0.25, -0.2) is 0 Å². The molecule has 0 bridgehead atoms. The minimum absolute atomic E-state index is 0.300. The van der Waals surface area contributed by atoms with E-state index in [2.05, 4.69) is 12.2 Å². The number of carboxylic acids is 1. The van der Waals surface area contributed by atoms with Gasteiger partial charge in [0.05, 0.1) is 17.0 Å². The fraction of sp³-hybridized carbons (Fsp3) is 0.640. The Bertz CT molecular complexity index is 689. The van der Waals surface area contributed by atoms with Crippen LogP contribution < -0.4 is 5.32 Å². The summed E-state index contributed by atoms with van der Waals surface area (Å²) in [5, 5.41) is 21.4. The average molecular weight is 415 g/mol. The second-order valence-corrected chi connectivity index (χ2v) is 8.71. The number of nitrogens with one attached hydrogen (secondary N) is 1. The summed E-state index contributed by atoms with van der Waals surface area (Å²) in [6.45, 7) is 5.55. The van der Waals surface area contributed by atoms with Crippen molar-refractivity contribution in [2.75, 3.05) is 0 Å². The summed E-state index contributed by atoms with van der Waals surface area (Å²) in [7, 11) is 0. The molecular formula is C25H38N2O3. The van der Waals surface area contributed by atoms with E-state index < -0.39 is 17.4 Å². The van der Waals surface area contributed by atoms with Crippen molar-refractivity contribution in [3.8, 4) is 6.07 Å². The zero-order valence-electron chi connectivity index (χ0n) is 18.9. The number of carboxylic acid groups (broad SMARTS) is 1. The number of carbonyl (C=O) groups excluding carboxylic acids is 1. The van der Waals surface area contributed by atoms with Gasteiger partial charge in [0.2, 0.25) is 0 Å². The van der Waals surface area contributed by atoms with Crippen LogP contribution in [0, 0.1) is 16.7 Å². The second kappa shape index (κ2) is 13.8. The third-order valence-corrected chi connectivity index (χ3v) is 5.85. The topological polar surface area (TPSA) is 90.2 Å². The van der Waals surface area contributed by atoms with Crippen molar-refractivity contribution in [1.82, 2.24) is 5.32 Å². The Kier molecular flexibility index (Phi) is 11.8. The van der Waals surface area contributed by atoms with Crippen molar-refractivity contribution in [2.45, 2.75) is 97.4 Å². The van der Waals surface area contributed by atoms with E-state index in [1.165, 1.54) is 44.9 Å². The maximum atomic E-state index is 12.6. The van der Waals surface area contributed by atoms with Gasteiger partial charge in [-0.05, 0) is 44.5 Å². The van der Waals surface area contributed by atoms with Gasteiger partial charge in [-0.1, -0.05) is 71.1 Å². The van der Waals surface area contributed by atoms with E-state index in [4.69, 9.17) is 5.26 Å². The minimum Gasteiger partial charge on any atom is -0.481 e. The molecule has 166 valence electrons. The van der Waals surface area contributed by atoms with Crippen molar-refractivity contribution in [3.63, 3.8) is 0 Å². The van der Waals surface area contributed by atoms with E-state index in [1.54, 1.807) is 38.1 Å². The highest BCUT2D eigenvalue weighted by atomic mass is 16.4. The van der Waals surface area contributed by atoms with E-state index >= 15 is 0 Å². The summed E-state index contributed by atoms with van der Waals surface area (Å²) in [4.78, 5) is 24.4. The molecule has 1 amide bonds. The number of hydrogen-bond acceptors (Lipinski definition) is 3. The molecule has 0 aromatic heterocycles. The molecule has 1 aromatic rings. The number of benzene rings is 1. The minimum atomic E-state index is -1.05. The lowest BCUT2D eigenvalue weighted by Crippen LogP contribution is -2.49. The molecular weight excluding hydrogens is 376 g/mol. The second-order valence-electron chi connectivity index (χ2n) is 8.71. The maximum Gasteiger partial charge on any atom is 0.311 e. The molecule has 0 aliphatic heterocycles.